The predicted molar refractivity (Wildman–Crippen MR) is 57.9 cm³/mol. The van der Waals surface area contributed by atoms with Crippen molar-refractivity contribution in [3.63, 3.8) is 0 Å². The van der Waals surface area contributed by atoms with E-state index in [1.807, 2.05) is 0 Å². The Labute approximate surface area is 87.3 Å². The summed E-state index contributed by atoms with van der Waals surface area (Å²) in [5, 5.41) is 0. The second-order valence-corrected chi connectivity index (χ2v) is 4.04. The third-order valence-electron chi connectivity index (χ3n) is 2.83. The first-order valence-corrected chi connectivity index (χ1v) is 5.71. The van der Waals surface area contributed by atoms with Crippen LogP contribution >= 0.6 is 0 Å². The van der Waals surface area contributed by atoms with Gasteiger partial charge in [-0.05, 0) is 19.3 Å². The van der Waals surface area contributed by atoms with Crippen LogP contribution in [0.5, 0.6) is 0 Å². The molecule has 1 fully saturated rings. The molecule has 2 atom stereocenters. The van der Waals surface area contributed by atoms with Crippen LogP contribution in [-0.2, 0) is 9.47 Å². The SMILES string of the molecule is C=C(OC1CCCCCO1)C(C)CC. The third kappa shape index (κ3) is 3.70. The van der Waals surface area contributed by atoms with Crippen molar-refractivity contribution < 1.29 is 9.47 Å². The lowest BCUT2D eigenvalue weighted by Crippen LogP contribution is -2.17. The second-order valence-electron chi connectivity index (χ2n) is 4.04. The van der Waals surface area contributed by atoms with E-state index in [2.05, 4.69) is 20.4 Å². The second kappa shape index (κ2) is 6.07. The summed E-state index contributed by atoms with van der Waals surface area (Å²) in [7, 11) is 0. The molecule has 14 heavy (non-hydrogen) atoms. The molecule has 1 aliphatic rings. The van der Waals surface area contributed by atoms with Gasteiger partial charge in [0.2, 0.25) is 0 Å². The number of hydrogen-bond donors (Lipinski definition) is 0. The maximum atomic E-state index is 5.71. The van der Waals surface area contributed by atoms with E-state index in [-0.39, 0.29) is 6.29 Å². The Balaban J connectivity index is 2.30. The van der Waals surface area contributed by atoms with Crippen LogP contribution in [0.2, 0.25) is 0 Å². The molecule has 0 aromatic rings. The quantitative estimate of drug-likeness (QED) is 0.644. The smallest absolute Gasteiger partial charge is 0.199 e. The minimum absolute atomic E-state index is 0.0426. The van der Waals surface area contributed by atoms with Crippen molar-refractivity contribution in [1.82, 2.24) is 0 Å². The van der Waals surface area contributed by atoms with Crippen LogP contribution in [0.25, 0.3) is 0 Å². The molecular weight excluding hydrogens is 176 g/mol. The van der Waals surface area contributed by atoms with Gasteiger partial charge in [0, 0.05) is 12.3 Å². The zero-order chi connectivity index (χ0) is 10.4. The van der Waals surface area contributed by atoms with E-state index < -0.39 is 0 Å². The van der Waals surface area contributed by atoms with E-state index in [9.17, 15) is 0 Å². The van der Waals surface area contributed by atoms with Crippen molar-refractivity contribution in [2.24, 2.45) is 5.92 Å². The Morgan fingerprint density at radius 2 is 2.29 bits per heavy atom. The average Bonchev–Trinajstić information content (AvgIpc) is 2.45. The molecule has 82 valence electrons. The van der Waals surface area contributed by atoms with E-state index in [0.717, 1.165) is 31.6 Å². The molecule has 0 saturated carbocycles. The van der Waals surface area contributed by atoms with Gasteiger partial charge in [-0.15, -0.1) is 0 Å². The summed E-state index contributed by atoms with van der Waals surface area (Å²) in [5.41, 5.74) is 0. The molecule has 0 aliphatic carbocycles. The Morgan fingerprint density at radius 1 is 1.50 bits per heavy atom. The first-order valence-electron chi connectivity index (χ1n) is 5.71. The number of rotatable bonds is 4. The Hall–Kier alpha value is -0.500. The lowest BCUT2D eigenvalue weighted by atomic mass is 10.1. The number of ether oxygens (including phenoxy) is 2. The Bertz CT molecular complexity index is 169. The fraction of sp³-hybridized carbons (Fsp3) is 0.833. The first-order chi connectivity index (χ1) is 6.74. The minimum Gasteiger partial charge on any atom is -0.470 e. The molecule has 2 nitrogen and oxygen atoms in total. The maximum absolute atomic E-state index is 5.71. The van der Waals surface area contributed by atoms with E-state index in [0.29, 0.717) is 5.92 Å². The largest absolute Gasteiger partial charge is 0.470 e. The normalized spacial score (nSPS) is 25.1. The van der Waals surface area contributed by atoms with Gasteiger partial charge in [-0.2, -0.15) is 0 Å². The van der Waals surface area contributed by atoms with Crippen LogP contribution in [0.1, 0.15) is 46.0 Å². The van der Waals surface area contributed by atoms with Gasteiger partial charge in [0.05, 0.1) is 12.4 Å². The molecule has 0 bridgehead atoms. The highest BCUT2D eigenvalue weighted by atomic mass is 16.7. The van der Waals surface area contributed by atoms with E-state index >= 15 is 0 Å². The average molecular weight is 198 g/mol. The monoisotopic (exact) mass is 198 g/mol. The van der Waals surface area contributed by atoms with E-state index in [1.54, 1.807) is 0 Å². The summed E-state index contributed by atoms with van der Waals surface area (Å²) in [4.78, 5) is 0. The number of allylic oxidation sites excluding steroid dienone is 1. The lowest BCUT2D eigenvalue weighted by Gasteiger charge is -2.21. The van der Waals surface area contributed by atoms with Crippen LogP contribution in [0.4, 0.5) is 0 Å². The van der Waals surface area contributed by atoms with Gasteiger partial charge >= 0.3 is 0 Å². The summed E-state index contributed by atoms with van der Waals surface area (Å²) < 4.78 is 11.3. The molecule has 0 aromatic heterocycles. The van der Waals surface area contributed by atoms with Crippen molar-refractivity contribution >= 4 is 0 Å². The van der Waals surface area contributed by atoms with Crippen LogP contribution in [-0.4, -0.2) is 12.9 Å². The molecule has 2 heteroatoms. The predicted octanol–water partition coefficient (Wildman–Crippen LogP) is 3.48. The van der Waals surface area contributed by atoms with Crippen molar-refractivity contribution in [3.8, 4) is 0 Å². The van der Waals surface area contributed by atoms with Crippen LogP contribution in [0.15, 0.2) is 12.3 Å². The summed E-state index contributed by atoms with van der Waals surface area (Å²) >= 11 is 0. The molecule has 0 aromatic carbocycles. The van der Waals surface area contributed by atoms with Crippen molar-refractivity contribution in [2.45, 2.75) is 52.2 Å². The van der Waals surface area contributed by atoms with Crippen LogP contribution < -0.4 is 0 Å². The van der Waals surface area contributed by atoms with Gasteiger partial charge < -0.3 is 9.47 Å². The molecule has 0 amide bonds. The molecule has 0 spiro atoms. The molecule has 1 saturated heterocycles. The summed E-state index contributed by atoms with van der Waals surface area (Å²) in [5.74, 6) is 1.31. The third-order valence-corrected chi connectivity index (χ3v) is 2.83. The molecule has 1 heterocycles. The number of hydrogen-bond acceptors (Lipinski definition) is 2. The molecule has 2 unspecified atom stereocenters. The lowest BCUT2D eigenvalue weighted by molar-refractivity contribution is -0.119. The topological polar surface area (TPSA) is 18.5 Å². The zero-order valence-electron chi connectivity index (χ0n) is 9.42. The standard InChI is InChI=1S/C12H22O2/c1-4-10(2)11(3)14-12-8-6-5-7-9-13-12/h10,12H,3-9H2,1-2H3. The maximum Gasteiger partial charge on any atom is 0.199 e. The summed E-state index contributed by atoms with van der Waals surface area (Å²) in [6.45, 7) is 9.06. The van der Waals surface area contributed by atoms with Crippen LogP contribution in [0, 0.1) is 5.92 Å². The zero-order valence-corrected chi connectivity index (χ0v) is 9.42. The summed E-state index contributed by atoms with van der Waals surface area (Å²) in [6, 6.07) is 0. The van der Waals surface area contributed by atoms with Gasteiger partial charge in [-0.3, -0.25) is 0 Å². The molecule has 1 rings (SSSR count). The highest BCUT2D eigenvalue weighted by Gasteiger charge is 2.16. The highest BCUT2D eigenvalue weighted by molar-refractivity contribution is 4.88. The summed E-state index contributed by atoms with van der Waals surface area (Å²) in [6.07, 6.45) is 5.67. The minimum atomic E-state index is -0.0426. The fourth-order valence-electron chi connectivity index (χ4n) is 1.49. The van der Waals surface area contributed by atoms with Gasteiger partial charge in [-0.1, -0.05) is 26.8 Å². The van der Waals surface area contributed by atoms with Crippen molar-refractivity contribution in [2.75, 3.05) is 6.61 Å². The van der Waals surface area contributed by atoms with Crippen LogP contribution in [0.3, 0.4) is 0 Å². The van der Waals surface area contributed by atoms with Gasteiger partial charge in [0.1, 0.15) is 0 Å². The fourth-order valence-corrected chi connectivity index (χ4v) is 1.49. The first kappa shape index (κ1) is 11.6. The molecule has 0 radical (unpaired) electrons. The highest BCUT2D eigenvalue weighted by Crippen LogP contribution is 2.20. The Kier molecular flexibility index (Phi) is 5.02. The molecular formula is C12H22O2. The van der Waals surface area contributed by atoms with E-state index in [1.165, 1.54) is 12.8 Å². The van der Waals surface area contributed by atoms with Gasteiger partial charge in [-0.25, -0.2) is 0 Å². The van der Waals surface area contributed by atoms with Crippen molar-refractivity contribution in [3.05, 3.63) is 12.3 Å². The Morgan fingerprint density at radius 3 is 3.00 bits per heavy atom. The van der Waals surface area contributed by atoms with Crippen molar-refractivity contribution in [1.29, 1.82) is 0 Å². The molecule has 0 N–H and O–H groups in total. The van der Waals surface area contributed by atoms with Gasteiger partial charge in [0.15, 0.2) is 6.29 Å². The van der Waals surface area contributed by atoms with Gasteiger partial charge in [0.25, 0.3) is 0 Å². The molecule has 1 aliphatic heterocycles. The van der Waals surface area contributed by atoms with E-state index in [4.69, 9.17) is 9.47 Å².